The number of Topliss-reactive ketones (excluding diaryl/α,β-unsaturated/α-hetero) is 2. The van der Waals surface area contributed by atoms with Gasteiger partial charge in [-0.05, 0) is 160 Å². The number of rotatable bonds is 22. The highest BCUT2D eigenvalue weighted by Gasteiger charge is 2.44. The molecule has 424 valence electrons. The van der Waals surface area contributed by atoms with E-state index < -0.39 is 18.2 Å². The lowest BCUT2D eigenvalue weighted by molar-refractivity contribution is -0.138. The van der Waals surface area contributed by atoms with Gasteiger partial charge in [-0.1, -0.05) is 23.5 Å². The molecule has 6 aliphatic rings. The van der Waals surface area contributed by atoms with E-state index >= 15 is 0 Å². The number of oxime groups is 2. The fourth-order valence-electron chi connectivity index (χ4n) is 10.4. The van der Waals surface area contributed by atoms with E-state index in [4.69, 9.17) is 24.5 Å². The molecule has 6 saturated heterocycles. The van der Waals surface area contributed by atoms with E-state index in [0.29, 0.717) is 24.4 Å². The highest BCUT2D eigenvalue weighted by Crippen LogP contribution is 2.45. The molecule has 2 aromatic heterocycles. The van der Waals surface area contributed by atoms with Gasteiger partial charge in [-0.3, -0.25) is 29.4 Å². The van der Waals surface area contributed by atoms with Gasteiger partial charge in [0.1, 0.15) is 29.5 Å². The number of carbonyl (C=O) groups is 4. The Morgan fingerprint density at radius 1 is 0.705 bits per heavy atom. The summed E-state index contributed by atoms with van der Waals surface area (Å²) < 4.78 is 15.8. The minimum absolute atomic E-state index is 0.139. The highest BCUT2D eigenvalue weighted by molar-refractivity contribution is 7.99. The molecule has 6 aliphatic heterocycles. The molecule has 78 heavy (non-hydrogen) atoms. The first-order valence-corrected chi connectivity index (χ1v) is 28.7. The minimum atomic E-state index is -0.675. The SMILES string of the molecule is C=CC(=O)O/N=C(/C)C(C)=O.C=CC(=O)OCCSCCC1CN2CCC1CC2C(O)c1ccnc2ccc(OC)cc12.CC(=O)/C(C)=N\O.COc1ccc2nccc(C(O)C3CC4CCN3CC4CCSCCO)c2c1. The molecule has 4 aromatic rings. The van der Waals surface area contributed by atoms with E-state index in [-0.39, 0.29) is 47.6 Å². The second-order valence-electron chi connectivity index (χ2n) is 19.7. The van der Waals surface area contributed by atoms with Crippen LogP contribution in [0.3, 0.4) is 0 Å². The number of ether oxygens (including phenoxy) is 3. The Bertz CT molecular complexity index is 2710. The molecular weight excluding hydrogens is 1040 g/mol. The maximum Gasteiger partial charge on any atom is 0.358 e. The van der Waals surface area contributed by atoms with Crippen LogP contribution in [-0.4, -0.2) is 164 Å². The van der Waals surface area contributed by atoms with Gasteiger partial charge in [0, 0.05) is 85.8 Å². The third-order valence-corrected chi connectivity index (χ3v) is 16.9. The van der Waals surface area contributed by atoms with E-state index in [0.717, 1.165) is 118 Å². The zero-order chi connectivity index (χ0) is 56.7. The Morgan fingerprint density at radius 2 is 1.18 bits per heavy atom. The van der Waals surface area contributed by atoms with E-state index in [1.54, 1.807) is 26.6 Å². The Labute approximate surface area is 466 Å². The Balaban J connectivity index is 0.000000221. The molecule has 0 radical (unpaired) electrons. The summed E-state index contributed by atoms with van der Waals surface area (Å²) in [6, 6.07) is 15.9. The number of thioether (sulfide) groups is 2. The monoisotopic (exact) mass is 1110 g/mol. The van der Waals surface area contributed by atoms with Crippen molar-refractivity contribution in [2.24, 2.45) is 34.0 Å². The summed E-state index contributed by atoms with van der Waals surface area (Å²) >= 11 is 3.68. The molecule has 20 heteroatoms. The molecular formula is C58H78N6O12S2. The zero-order valence-corrected chi connectivity index (χ0v) is 47.5. The molecule has 18 nitrogen and oxygen atoms in total. The first-order valence-electron chi connectivity index (χ1n) is 26.4. The third-order valence-electron chi connectivity index (χ3n) is 15.0. The summed E-state index contributed by atoms with van der Waals surface area (Å²) in [5.41, 5.74) is 3.96. The number of ketones is 2. The van der Waals surface area contributed by atoms with E-state index in [1.807, 2.05) is 72.1 Å². The Morgan fingerprint density at radius 3 is 1.56 bits per heavy atom. The number of aliphatic hydroxyl groups excluding tert-OH is 3. The van der Waals surface area contributed by atoms with Gasteiger partial charge in [0.25, 0.3) is 0 Å². The molecule has 6 fully saturated rings. The Kier molecular flexibility index (Phi) is 26.2. The molecule has 4 N–H and O–H groups in total. The van der Waals surface area contributed by atoms with Crippen LogP contribution in [0.2, 0.25) is 0 Å². The van der Waals surface area contributed by atoms with Crippen molar-refractivity contribution in [3.63, 3.8) is 0 Å². The first kappa shape index (κ1) is 63.1. The van der Waals surface area contributed by atoms with Gasteiger partial charge in [-0.15, -0.1) is 0 Å². The van der Waals surface area contributed by atoms with Crippen molar-refractivity contribution >= 4 is 80.3 Å². The predicted molar refractivity (Wildman–Crippen MR) is 307 cm³/mol. The molecule has 0 aliphatic carbocycles. The van der Waals surface area contributed by atoms with Crippen molar-refractivity contribution in [2.75, 3.05) is 76.6 Å². The van der Waals surface area contributed by atoms with Gasteiger partial charge >= 0.3 is 11.9 Å². The number of fused-ring (bicyclic) bond motifs is 8. The molecule has 8 heterocycles. The van der Waals surface area contributed by atoms with Crippen LogP contribution in [-0.2, 0) is 28.8 Å². The lowest BCUT2D eigenvalue weighted by atomic mass is 9.72. The summed E-state index contributed by atoms with van der Waals surface area (Å²) in [6.07, 6.45) is 11.6. The molecule has 2 aromatic carbocycles. The number of nitrogens with zero attached hydrogens (tertiary/aromatic N) is 6. The number of carbonyl (C=O) groups excluding carboxylic acids is 4. The molecule has 0 amide bonds. The molecule has 4 bridgehead atoms. The quantitative estimate of drug-likeness (QED) is 0.0111. The van der Waals surface area contributed by atoms with Gasteiger partial charge in [0.05, 0.1) is 44.1 Å². The van der Waals surface area contributed by atoms with Crippen molar-refractivity contribution in [1.29, 1.82) is 0 Å². The number of benzene rings is 2. The Hall–Kier alpha value is -5.74. The number of methoxy groups -OCH3 is 2. The normalized spacial score (nSPS) is 22.9. The maximum absolute atomic E-state index is 11.4. The van der Waals surface area contributed by atoms with Crippen LogP contribution in [0.15, 0.2) is 96.5 Å². The number of aromatic nitrogens is 2. The summed E-state index contributed by atoms with van der Waals surface area (Å²) in [6.45, 7) is 17.1. The lowest BCUT2D eigenvalue weighted by Crippen LogP contribution is -2.55. The standard InChI is InChI=1S/C25H32N2O4S.C22H30N2O3S.C7H9NO3.C4H7NO2/c1-3-24(28)31-11-13-32-12-8-18-16-27-10-7-17(18)14-23(27)25(29)20-6-9-26-22-5-4-19(30-2)15-21(20)22;1-27-17-2-3-20-19(13-17)18(4-7-23-20)22(26)21-12-15-5-8-24(21)14-16(15)6-10-28-11-9-25;1-4-7(10)11-8-5(2)6(3)9;1-3(5-7)4(2)6/h3-6,9,15,17-18,23,25,29H,1,7-8,10-14,16H2,2H3;2-4,7,13,15-16,21-22,25-26H,5-6,8-12,14H2,1H3;4H,1H2,2-3H3;7H,1-2H3/b;;8-5-;5-3-. The summed E-state index contributed by atoms with van der Waals surface area (Å²) in [5, 5.41) is 47.4. The molecule has 0 spiro atoms. The first-order chi connectivity index (χ1) is 37.6. The number of piperidine rings is 6. The molecule has 10 atom stereocenters. The summed E-state index contributed by atoms with van der Waals surface area (Å²) in [7, 11) is 3.32. The van der Waals surface area contributed by atoms with Crippen LogP contribution in [0.5, 0.6) is 11.5 Å². The van der Waals surface area contributed by atoms with Gasteiger partial charge in [0.15, 0.2) is 11.6 Å². The second-order valence-corrected chi connectivity index (χ2v) is 22.1. The van der Waals surface area contributed by atoms with Crippen molar-refractivity contribution in [1.82, 2.24) is 19.8 Å². The van der Waals surface area contributed by atoms with Crippen LogP contribution >= 0.6 is 23.5 Å². The molecule has 0 saturated carbocycles. The average Bonchev–Trinajstić information content (AvgIpc) is 3.48. The maximum atomic E-state index is 11.4. The molecule has 10 rings (SSSR count). The summed E-state index contributed by atoms with van der Waals surface area (Å²) in [5.74, 6) is 6.69. The van der Waals surface area contributed by atoms with Crippen LogP contribution < -0.4 is 9.47 Å². The van der Waals surface area contributed by atoms with Gasteiger partial charge in [-0.2, -0.15) is 23.5 Å². The fourth-order valence-corrected chi connectivity index (χ4v) is 12.1. The van der Waals surface area contributed by atoms with Crippen LogP contribution in [0.1, 0.15) is 89.6 Å². The lowest BCUT2D eigenvalue weighted by Gasteiger charge is -2.51. The van der Waals surface area contributed by atoms with Crippen molar-refractivity contribution in [3.05, 3.63) is 97.4 Å². The minimum Gasteiger partial charge on any atom is -0.497 e. The fraction of sp³-hybridized carbons (Fsp3) is 0.517. The number of pyridine rings is 2. The van der Waals surface area contributed by atoms with Gasteiger partial charge < -0.3 is 39.6 Å². The average molecular weight is 1120 g/mol. The van der Waals surface area contributed by atoms with Crippen LogP contribution in [0.25, 0.3) is 21.8 Å². The second kappa shape index (κ2) is 32.4. The zero-order valence-electron chi connectivity index (χ0n) is 45.8. The van der Waals surface area contributed by atoms with Crippen molar-refractivity contribution < 1.29 is 58.8 Å². The number of esters is 1. The summed E-state index contributed by atoms with van der Waals surface area (Å²) in [4.78, 5) is 60.2. The third kappa shape index (κ3) is 18.2. The smallest absolute Gasteiger partial charge is 0.358 e. The van der Waals surface area contributed by atoms with Crippen LogP contribution in [0, 0.1) is 23.7 Å². The van der Waals surface area contributed by atoms with Gasteiger partial charge in [-0.25, -0.2) is 9.59 Å². The van der Waals surface area contributed by atoms with Crippen molar-refractivity contribution in [3.8, 4) is 11.5 Å². The van der Waals surface area contributed by atoms with Crippen LogP contribution in [0.4, 0.5) is 0 Å². The number of hydrogen-bond acceptors (Lipinski definition) is 20. The van der Waals surface area contributed by atoms with E-state index in [9.17, 15) is 29.4 Å². The predicted octanol–water partition coefficient (Wildman–Crippen LogP) is 8.05. The van der Waals surface area contributed by atoms with Gasteiger partial charge in [0.2, 0.25) is 0 Å². The van der Waals surface area contributed by atoms with Crippen molar-refractivity contribution in [2.45, 2.75) is 90.5 Å². The van der Waals surface area contributed by atoms with E-state index in [2.05, 4.69) is 48.1 Å². The topological polar surface area (TPSA) is 243 Å². The largest absolute Gasteiger partial charge is 0.497 e. The van der Waals surface area contributed by atoms with E-state index in [1.165, 1.54) is 59.5 Å². The molecule has 10 unspecified atom stereocenters. The number of aliphatic hydroxyl groups is 3. The highest BCUT2D eigenvalue weighted by atomic mass is 32.2. The number of hydrogen-bond donors (Lipinski definition) is 4.